The molecule has 8 nitrogen and oxygen atoms in total. The first-order valence-electron chi connectivity index (χ1n) is 7.55. The molecule has 0 bridgehead atoms. The third-order valence-electron chi connectivity index (χ3n) is 3.46. The Morgan fingerprint density at radius 3 is 2.91 bits per heavy atom. The summed E-state index contributed by atoms with van der Waals surface area (Å²) in [5.74, 6) is 1.58. The molecule has 0 unspecified atom stereocenters. The van der Waals surface area contributed by atoms with Crippen LogP contribution >= 0.6 is 0 Å². The number of nitrogens with zero attached hydrogens (tertiary/aromatic N) is 6. The maximum absolute atomic E-state index is 4.57. The molecule has 0 aromatic carbocycles. The fourth-order valence-corrected chi connectivity index (χ4v) is 2.23. The Bertz CT molecular complexity index is 801. The lowest BCUT2D eigenvalue weighted by molar-refractivity contribution is 0.705. The molecule has 0 saturated heterocycles. The van der Waals surface area contributed by atoms with Gasteiger partial charge in [-0.25, -0.2) is 4.99 Å². The normalized spacial score (nSPS) is 11.8. The number of fused-ring (bicyclic) bond motifs is 1. The van der Waals surface area contributed by atoms with Gasteiger partial charge in [0, 0.05) is 26.0 Å². The van der Waals surface area contributed by atoms with Crippen LogP contribution in [0, 0.1) is 0 Å². The quantitative estimate of drug-likeness (QED) is 0.536. The maximum Gasteiger partial charge on any atom is 0.192 e. The summed E-state index contributed by atoms with van der Waals surface area (Å²) in [7, 11) is 1.91. The van der Waals surface area contributed by atoms with E-state index >= 15 is 0 Å². The molecule has 23 heavy (non-hydrogen) atoms. The summed E-state index contributed by atoms with van der Waals surface area (Å²) < 4.78 is 3.77. The van der Waals surface area contributed by atoms with E-state index in [2.05, 4.69) is 30.9 Å². The molecule has 0 fully saturated rings. The summed E-state index contributed by atoms with van der Waals surface area (Å²) in [5.41, 5.74) is 1.89. The standard InChI is InChI=1S/C15H20N8/c1-3-16-15(17-10-12-7-8-19-22(12)2)18-11-14-21-20-13-6-4-5-9-23(13)14/h4-9H,3,10-11H2,1-2H3,(H2,16,17,18). The third kappa shape index (κ3) is 3.47. The zero-order valence-electron chi connectivity index (χ0n) is 13.3. The van der Waals surface area contributed by atoms with E-state index in [1.54, 1.807) is 6.20 Å². The molecule has 3 aromatic heterocycles. The van der Waals surface area contributed by atoms with Gasteiger partial charge in [-0.2, -0.15) is 5.10 Å². The van der Waals surface area contributed by atoms with Gasteiger partial charge in [0.1, 0.15) is 0 Å². The van der Waals surface area contributed by atoms with Crippen LogP contribution < -0.4 is 10.6 Å². The Morgan fingerprint density at radius 2 is 2.13 bits per heavy atom. The van der Waals surface area contributed by atoms with Crippen molar-refractivity contribution < 1.29 is 0 Å². The molecule has 0 aliphatic rings. The number of guanidine groups is 1. The molecule has 0 atom stereocenters. The Morgan fingerprint density at radius 1 is 1.22 bits per heavy atom. The minimum atomic E-state index is 0.544. The zero-order valence-corrected chi connectivity index (χ0v) is 13.3. The highest BCUT2D eigenvalue weighted by molar-refractivity contribution is 5.79. The summed E-state index contributed by atoms with van der Waals surface area (Å²) in [4.78, 5) is 4.57. The van der Waals surface area contributed by atoms with Gasteiger partial charge in [0.2, 0.25) is 0 Å². The lowest BCUT2D eigenvalue weighted by Crippen LogP contribution is -2.37. The summed E-state index contributed by atoms with van der Waals surface area (Å²) in [6.45, 7) is 3.93. The summed E-state index contributed by atoms with van der Waals surface area (Å²) in [6, 6.07) is 7.79. The van der Waals surface area contributed by atoms with Crippen LogP contribution in [0.3, 0.4) is 0 Å². The fourth-order valence-electron chi connectivity index (χ4n) is 2.23. The lowest BCUT2D eigenvalue weighted by atomic mass is 10.4. The molecule has 0 spiro atoms. The number of aliphatic imine (C=N–C) groups is 1. The van der Waals surface area contributed by atoms with Crippen molar-refractivity contribution in [3.05, 3.63) is 48.2 Å². The Kier molecular flexibility index (Phi) is 4.51. The van der Waals surface area contributed by atoms with Crippen molar-refractivity contribution in [2.75, 3.05) is 6.54 Å². The first-order valence-corrected chi connectivity index (χ1v) is 7.55. The number of hydrogen-bond donors (Lipinski definition) is 2. The molecule has 120 valence electrons. The van der Waals surface area contributed by atoms with Crippen molar-refractivity contribution in [1.82, 2.24) is 35.0 Å². The van der Waals surface area contributed by atoms with Crippen LogP contribution in [0.25, 0.3) is 5.65 Å². The molecular formula is C15H20N8. The Hall–Kier alpha value is -2.90. The average molecular weight is 312 g/mol. The summed E-state index contributed by atoms with van der Waals surface area (Å²) in [5, 5.41) is 19.0. The predicted octanol–water partition coefficient (Wildman–Crippen LogP) is 0.718. The van der Waals surface area contributed by atoms with Crippen LogP contribution in [-0.4, -0.2) is 36.9 Å². The van der Waals surface area contributed by atoms with E-state index in [0.29, 0.717) is 13.1 Å². The first kappa shape index (κ1) is 15.0. The number of nitrogens with one attached hydrogen (secondary N) is 2. The molecule has 3 heterocycles. The van der Waals surface area contributed by atoms with E-state index in [1.807, 2.05) is 53.5 Å². The van der Waals surface area contributed by atoms with Crippen molar-refractivity contribution >= 4 is 11.6 Å². The van der Waals surface area contributed by atoms with Gasteiger partial charge in [-0.1, -0.05) is 6.07 Å². The molecule has 0 aliphatic carbocycles. The van der Waals surface area contributed by atoms with Gasteiger partial charge in [0.15, 0.2) is 17.4 Å². The highest BCUT2D eigenvalue weighted by Gasteiger charge is 2.06. The highest BCUT2D eigenvalue weighted by atomic mass is 15.3. The molecule has 3 rings (SSSR count). The topological polar surface area (TPSA) is 84.4 Å². The van der Waals surface area contributed by atoms with Gasteiger partial charge >= 0.3 is 0 Å². The second-order valence-corrected chi connectivity index (χ2v) is 5.04. The van der Waals surface area contributed by atoms with Gasteiger partial charge < -0.3 is 10.6 Å². The van der Waals surface area contributed by atoms with Gasteiger partial charge in [0.25, 0.3) is 0 Å². The van der Waals surface area contributed by atoms with Crippen molar-refractivity contribution in [1.29, 1.82) is 0 Å². The minimum Gasteiger partial charge on any atom is -0.357 e. The fraction of sp³-hybridized carbons (Fsp3) is 0.333. The Balaban J connectivity index is 1.68. The van der Waals surface area contributed by atoms with Crippen LogP contribution in [0.4, 0.5) is 0 Å². The summed E-state index contributed by atoms with van der Waals surface area (Å²) >= 11 is 0. The number of rotatable bonds is 5. The van der Waals surface area contributed by atoms with Crippen LogP contribution in [0.1, 0.15) is 18.4 Å². The van der Waals surface area contributed by atoms with Crippen LogP contribution in [0.2, 0.25) is 0 Å². The van der Waals surface area contributed by atoms with Crippen molar-refractivity contribution in [3.8, 4) is 0 Å². The van der Waals surface area contributed by atoms with E-state index < -0.39 is 0 Å². The van der Waals surface area contributed by atoms with Crippen molar-refractivity contribution in [2.24, 2.45) is 12.0 Å². The van der Waals surface area contributed by atoms with Crippen molar-refractivity contribution in [3.63, 3.8) is 0 Å². The zero-order chi connectivity index (χ0) is 16.1. The number of aryl methyl sites for hydroxylation is 1. The maximum atomic E-state index is 4.57. The molecule has 2 N–H and O–H groups in total. The van der Waals surface area contributed by atoms with E-state index in [9.17, 15) is 0 Å². The minimum absolute atomic E-state index is 0.544. The molecule has 0 radical (unpaired) electrons. The number of aromatic nitrogens is 5. The van der Waals surface area contributed by atoms with Gasteiger partial charge in [-0.15, -0.1) is 10.2 Å². The second-order valence-electron chi connectivity index (χ2n) is 5.04. The van der Waals surface area contributed by atoms with Gasteiger partial charge in [0.05, 0.1) is 18.8 Å². The van der Waals surface area contributed by atoms with Crippen LogP contribution in [-0.2, 0) is 20.1 Å². The van der Waals surface area contributed by atoms with E-state index in [0.717, 1.165) is 29.7 Å². The molecule has 0 saturated carbocycles. The smallest absolute Gasteiger partial charge is 0.192 e. The third-order valence-corrected chi connectivity index (χ3v) is 3.46. The van der Waals surface area contributed by atoms with Gasteiger partial charge in [-0.3, -0.25) is 9.08 Å². The van der Waals surface area contributed by atoms with Crippen molar-refractivity contribution in [2.45, 2.75) is 20.0 Å². The van der Waals surface area contributed by atoms with Crippen LogP contribution in [0.15, 0.2) is 41.7 Å². The van der Waals surface area contributed by atoms with E-state index in [4.69, 9.17) is 0 Å². The number of hydrogen-bond acceptors (Lipinski definition) is 4. The highest BCUT2D eigenvalue weighted by Crippen LogP contribution is 2.02. The average Bonchev–Trinajstić information content (AvgIpc) is 3.16. The largest absolute Gasteiger partial charge is 0.357 e. The van der Waals surface area contributed by atoms with E-state index in [-0.39, 0.29) is 0 Å². The first-order chi connectivity index (χ1) is 11.3. The lowest BCUT2D eigenvalue weighted by Gasteiger charge is -2.10. The predicted molar refractivity (Wildman–Crippen MR) is 87.9 cm³/mol. The second kappa shape index (κ2) is 6.91. The molecule has 0 aliphatic heterocycles. The molecule has 3 aromatic rings. The molecule has 0 amide bonds. The summed E-state index contributed by atoms with van der Waals surface area (Å²) in [6.07, 6.45) is 3.72. The number of pyridine rings is 1. The van der Waals surface area contributed by atoms with E-state index in [1.165, 1.54) is 0 Å². The molecule has 8 heteroatoms. The van der Waals surface area contributed by atoms with Gasteiger partial charge in [-0.05, 0) is 25.1 Å². The Labute approximate surface area is 134 Å². The monoisotopic (exact) mass is 312 g/mol. The van der Waals surface area contributed by atoms with Crippen LogP contribution in [0.5, 0.6) is 0 Å². The molecular weight excluding hydrogens is 292 g/mol. The SMILES string of the molecule is CCNC(=NCc1ccnn1C)NCc1nnc2ccccn12.